The first-order chi connectivity index (χ1) is 18.4. The molecule has 2 aromatic heterocycles. The standard InChI is InChI=1S/C26H24ClFN6O5/c1-15-4-11-21(32-31-15)39-20-10-9-18(12-19(20)28)29-23-30-24(37)34(14-26(2,3)22(35)36)25(38)33(23)13-16-5-7-17(27)8-6-16/h4-12H,13-14H2,1-3H3,(H,35,36)(H,29,30,37). The van der Waals surface area contributed by atoms with E-state index >= 15 is 0 Å². The summed E-state index contributed by atoms with van der Waals surface area (Å²) in [5.74, 6) is -2.11. The molecule has 39 heavy (non-hydrogen) atoms. The molecule has 2 N–H and O–H groups in total. The average molecular weight is 555 g/mol. The molecule has 0 atom stereocenters. The fourth-order valence-electron chi connectivity index (χ4n) is 3.48. The molecular weight excluding hydrogens is 531 g/mol. The number of nitrogens with zero attached hydrogens (tertiary/aromatic N) is 5. The second-order valence-corrected chi connectivity index (χ2v) is 9.81. The van der Waals surface area contributed by atoms with Gasteiger partial charge < -0.3 is 15.2 Å². The van der Waals surface area contributed by atoms with E-state index in [1.807, 2.05) is 0 Å². The summed E-state index contributed by atoms with van der Waals surface area (Å²) in [5.41, 5.74) is -1.66. The van der Waals surface area contributed by atoms with Crippen molar-refractivity contribution in [1.29, 1.82) is 0 Å². The topological polar surface area (TPSA) is 141 Å². The summed E-state index contributed by atoms with van der Waals surface area (Å²) in [5, 5.41) is 20.5. The number of carbonyl (C=O) groups is 1. The summed E-state index contributed by atoms with van der Waals surface area (Å²) in [6.45, 7) is 4.10. The molecule has 0 unspecified atom stereocenters. The van der Waals surface area contributed by atoms with E-state index < -0.39 is 35.1 Å². The van der Waals surface area contributed by atoms with E-state index in [0.717, 1.165) is 15.2 Å². The Morgan fingerprint density at radius 3 is 2.41 bits per heavy atom. The quantitative estimate of drug-likeness (QED) is 0.314. The zero-order valence-electron chi connectivity index (χ0n) is 21.2. The van der Waals surface area contributed by atoms with Crippen LogP contribution in [0.3, 0.4) is 0 Å². The van der Waals surface area contributed by atoms with E-state index in [9.17, 15) is 23.9 Å². The van der Waals surface area contributed by atoms with Crippen LogP contribution in [0.15, 0.2) is 64.2 Å². The monoisotopic (exact) mass is 554 g/mol. The van der Waals surface area contributed by atoms with E-state index in [1.165, 1.54) is 26.0 Å². The van der Waals surface area contributed by atoms with Gasteiger partial charge in [0.1, 0.15) is 0 Å². The Hall–Kier alpha value is -4.58. The van der Waals surface area contributed by atoms with Gasteiger partial charge in [0.2, 0.25) is 11.8 Å². The fourth-order valence-corrected chi connectivity index (χ4v) is 3.61. The van der Waals surface area contributed by atoms with E-state index in [4.69, 9.17) is 16.3 Å². The van der Waals surface area contributed by atoms with Crippen molar-refractivity contribution >= 4 is 29.2 Å². The van der Waals surface area contributed by atoms with E-state index in [0.29, 0.717) is 16.3 Å². The number of carboxylic acid groups (broad SMARTS) is 1. The minimum atomic E-state index is -1.42. The summed E-state index contributed by atoms with van der Waals surface area (Å²) < 4.78 is 22.2. The smallest absolute Gasteiger partial charge is 0.354 e. The van der Waals surface area contributed by atoms with E-state index in [1.54, 1.807) is 43.3 Å². The lowest BCUT2D eigenvalue weighted by atomic mass is 9.94. The van der Waals surface area contributed by atoms with Gasteiger partial charge in [0.15, 0.2) is 11.6 Å². The van der Waals surface area contributed by atoms with Gasteiger partial charge >= 0.3 is 17.3 Å². The van der Waals surface area contributed by atoms with Crippen molar-refractivity contribution in [2.75, 3.05) is 5.32 Å². The van der Waals surface area contributed by atoms with Gasteiger partial charge in [-0.25, -0.2) is 18.5 Å². The van der Waals surface area contributed by atoms with Gasteiger partial charge in [-0.1, -0.05) is 23.7 Å². The number of benzene rings is 2. The normalized spacial score (nSPS) is 11.3. The maximum absolute atomic E-state index is 14.9. The van der Waals surface area contributed by atoms with Crippen molar-refractivity contribution in [3.05, 3.63) is 97.7 Å². The molecule has 0 aliphatic rings. The zero-order valence-corrected chi connectivity index (χ0v) is 21.9. The van der Waals surface area contributed by atoms with E-state index in [-0.39, 0.29) is 29.8 Å². The molecule has 11 nitrogen and oxygen atoms in total. The van der Waals surface area contributed by atoms with Crippen molar-refractivity contribution in [2.45, 2.75) is 33.9 Å². The first-order valence-corrected chi connectivity index (χ1v) is 12.0. The first kappa shape index (κ1) is 27.5. The number of rotatable bonds is 9. The second-order valence-electron chi connectivity index (χ2n) is 9.37. The molecule has 0 amide bonds. The van der Waals surface area contributed by atoms with Crippen molar-refractivity contribution in [3.8, 4) is 11.6 Å². The Bertz CT molecular complexity index is 1640. The highest BCUT2D eigenvalue weighted by Gasteiger charge is 2.30. The first-order valence-electron chi connectivity index (χ1n) is 11.7. The molecule has 0 saturated heterocycles. The van der Waals surface area contributed by atoms with Gasteiger partial charge in [-0.2, -0.15) is 10.1 Å². The largest absolute Gasteiger partial charge is 0.481 e. The van der Waals surface area contributed by atoms with Crippen molar-refractivity contribution in [3.63, 3.8) is 0 Å². The number of ether oxygens (including phenoxy) is 1. The van der Waals surface area contributed by atoms with Crippen LogP contribution in [-0.2, 0) is 17.9 Å². The van der Waals surface area contributed by atoms with Crippen LogP contribution in [0, 0.1) is 18.2 Å². The van der Waals surface area contributed by atoms with E-state index in [2.05, 4.69) is 20.5 Å². The highest BCUT2D eigenvalue weighted by atomic mass is 35.5. The average Bonchev–Trinajstić information content (AvgIpc) is 2.88. The summed E-state index contributed by atoms with van der Waals surface area (Å²) in [7, 11) is 0. The summed E-state index contributed by atoms with van der Waals surface area (Å²) >= 11 is 5.97. The van der Waals surface area contributed by atoms with Crippen LogP contribution < -0.4 is 21.4 Å². The maximum atomic E-state index is 14.9. The summed E-state index contributed by atoms with van der Waals surface area (Å²) in [6.07, 6.45) is 0. The predicted molar refractivity (Wildman–Crippen MR) is 141 cm³/mol. The molecule has 0 aliphatic heterocycles. The lowest BCUT2D eigenvalue weighted by Gasteiger charge is -2.21. The third-order valence-electron chi connectivity index (χ3n) is 5.71. The van der Waals surface area contributed by atoms with Crippen molar-refractivity contribution in [2.24, 2.45) is 5.41 Å². The van der Waals surface area contributed by atoms with Crippen LogP contribution in [0.2, 0.25) is 5.02 Å². The molecule has 13 heteroatoms. The minimum absolute atomic E-state index is 0.0329. The number of aromatic nitrogens is 5. The molecule has 0 bridgehead atoms. The Morgan fingerprint density at radius 2 is 1.79 bits per heavy atom. The molecule has 4 rings (SSSR count). The molecule has 0 radical (unpaired) electrons. The second kappa shape index (κ2) is 11.0. The highest BCUT2D eigenvalue weighted by molar-refractivity contribution is 6.30. The van der Waals surface area contributed by atoms with Crippen LogP contribution in [0.25, 0.3) is 0 Å². The SMILES string of the molecule is Cc1ccc(Oc2ccc(Nc3nc(=O)n(CC(C)(C)C(=O)O)c(=O)n3Cc3ccc(Cl)cc3)cc2F)nn1. The molecule has 4 aromatic rings. The molecular formula is C26H24ClFN6O5. The Morgan fingerprint density at radius 1 is 1.08 bits per heavy atom. The van der Waals surface area contributed by atoms with Crippen molar-refractivity contribution in [1.82, 2.24) is 24.3 Å². The summed E-state index contributed by atoms with van der Waals surface area (Å²) in [6, 6.07) is 13.8. The zero-order chi connectivity index (χ0) is 28.3. The number of hydrogen-bond acceptors (Lipinski definition) is 8. The number of nitrogens with one attached hydrogen (secondary N) is 1. The minimum Gasteiger partial charge on any atom is -0.481 e. The van der Waals surface area contributed by atoms with Crippen LogP contribution in [-0.4, -0.2) is 35.4 Å². The number of hydrogen-bond donors (Lipinski definition) is 2. The Kier molecular flexibility index (Phi) is 7.77. The van der Waals surface area contributed by atoms with Crippen LogP contribution in [0.4, 0.5) is 16.0 Å². The number of aliphatic carboxylic acids is 1. The predicted octanol–water partition coefficient (Wildman–Crippen LogP) is 3.99. The molecule has 0 spiro atoms. The lowest BCUT2D eigenvalue weighted by Crippen LogP contribution is -2.46. The van der Waals surface area contributed by atoms with Gasteiger partial charge in [-0.05, 0) is 56.7 Å². The Labute approximate surface area is 226 Å². The van der Waals surface area contributed by atoms with Gasteiger partial charge in [0.05, 0.1) is 17.7 Å². The fraction of sp³-hybridized carbons (Fsp3) is 0.231. The highest BCUT2D eigenvalue weighted by Crippen LogP contribution is 2.26. The molecule has 2 aromatic carbocycles. The number of halogens is 2. The van der Waals surface area contributed by atoms with Crippen LogP contribution in [0.1, 0.15) is 25.1 Å². The third-order valence-corrected chi connectivity index (χ3v) is 5.96. The number of carboxylic acids is 1. The maximum Gasteiger partial charge on any atom is 0.354 e. The van der Waals surface area contributed by atoms with Gasteiger partial charge in [-0.15, -0.1) is 5.10 Å². The van der Waals surface area contributed by atoms with Gasteiger partial charge in [0, 0.05) is 29.4 Å². The van der Waals surface area contributed by atoms with Gasteiger partial charge in [0.25, 0.3) is 0 Å². The number of aryl methyl sites for hydroxylation is 1. The van der Waals surface area contributed by atoms with Crippen LogP contribution in [0.5, 0.6) is 11.6 Å². The molecule has 2 heterocycles. The van der Waals surface area contributed by atoms with Gasteiger partial charge in [-0.3, -0.25) is 9.36 Å². The van der Waals surface area contributed by atoms with Crippen molar-refractivity contribution < 1.29 is 19.0 Å². The number of anilines is 2. The Balaban J connectivity index is 1.71. The lowest BCUT2D eigenvalue weighted by molar-refractivity contribution is -0.147. The molecule has 0 saturated carbocycles. The summed E-state index contributed by atoms with van der Waals surface area (Å²) in [4.78, 5) is 41.9. The molecule has 0 aliphatic carbocycles. The molecule has 202 valence electrons. The third kappa shape index (κ3) is 6.47. The molecule has 0 fully saturated rings. The van der Waals surface area contributed by atoms with Crippen LogP contribution >= 0.6 is 11.6 Å².